The lowest BCUT2D eigenvalue weighted by atomic mass is 9.51. The second-order valence-corrected chi connectivity index (χ2v) is 11.0. The van der Waals surface area contributed by atoms with Crippen molar-refractivity contribution in [3.8, 4) is 0 Å². The third kappa shape index (κ3) is 6.93. The number of aliphatic hydroxyl groups excluding tert-OH is 1. The summed E-state index contributed by atoms with van der Waals surface area (Å²) in [5.74, 6) is -3.88. The fraction of sp³-hybridized carbons (Fsp3) is 0.692. The standard InChI is InChI=1S/C26H41NO7/c1-10-24(4,5)21(23(32)34-20(30)14-12-18-11-13-19(29)27-18)26(8,9)25(6,7)16(2)15-33-22(31)17(3)28/h12,14,16,18,21,28H,3,10-11,13,15H2,1-2,4-9H3,(H,27,29)/b14-12+. The number of esters is 3. The average molecular weight is 480 g/mol. The van der Waals surface area contributed by atoms with Gasteiger partial charge in [-0.3, -0.25) is 9.59 Å². The van der Waals surface area contributed by atoms with Crippen LogP contribution >= 0.6 is 0 Å². The van der Waals surface area contributed by atoms with Crippen molar-refractivity contribution in [1.82, 2.24) is 5.32 Å². The van der Waals surface area contributed by atoms with Crippen LogP contribution < -0.4 is 5.32 Å². The molecule has 0 radical (unpaired) electrons. The summed E-state index contributed by atoms with van der Waals surface area (Å²) < 4.78 is 10.4. The first-order chi connectivity index (χ1) is 15.5. The predicted molar refractivity (Wildman–Crippen MR) is 128 cm³/mol. The van der Waals surface area contributed by atoms with Gasteiger partial charge in [0.05, 0.1) is 12.5 Å². The number of ether oxygens (including phenoxy) is 2. The van der Waals surface area contributed by atoms with E-state index in [1.54, 1.807) is 6.08 Å². The third-order valence-electron chi connectivity index (χ3n) is 7.94. The van der Waals surface area contributed by atoms with Gasteiger partial charge in [-0.15, -0.1) is 0 Å². The van der Waals surface area contributed by atoms with Gasteiger partial charge in [0.1, 0.15) is 0 Å². The highest BCUT2D eigenvalue weighted by molar-refractivity contribution is 5.93. The lowest BCUT2D eigenvalue weighted by Gasteiger charge is -2.53. The van der Waals surface area contributed by atoms with Crippen LogP contribution in [0.3, 0.4) is 0 Å². The third-order valence-corrected chi connectivity index (χ3v) is 7.94. The molecule has 0 aliphatic carbocycles. The molecule has 0 aromatic heterocycles. The summed E-state index contributed by atoms with van der Waals surface area (Å²) in [4.78, 5) is 48.8. The van der Waals surface area contributed by atoms with Crippen LogP contribution in [-0.4, -0.2) is 41.6 Å². The number of amides is 1. The van der Waals surface area contributed by atoms with E-state index in [2.05, 4.69) is 11.9 Å². The van der Waals surface area contributed by atoms with E-state index in [9.17, 15) is 24.3 Å². The van der Waals surface area contributed by atoms with Gasteiger partial charge in [0.25, 0.3) is 0 Å². The van der Waals surface area contributed by atoms with Crippen LogP contribution in [0.4, 0.5) is 0 Å². The zero-order valence-corrected chi connectivity index (χ0v) is 21.8. The highest BCUT2D eigenvalue weighted by Gasteiger charge is 2.54. The molecule has 8 heteroatoms. The molecular weight excluding hydrogens is 438 g/mol. The number of nitrogens with one attached hydrogen (secondary N) is 1. The van der Waals surface area contributed by atoms with Crippen LogP contribution in [0, 0.1) is 28.1 Å². The molecule has 1 aliphatic heterocycles. The summed E-state index contributed by atoms with van der Waals surface area (Å²) in [7, 11) is 0. The molecule has 0 spiro atoms. The molecule has 1 aliphatic rings. The molecule has 34 heavy (non-hydrogen) atoms. The molecule has 0 bridgehead atoms. The minimum Gasteiger partial charge on any atom is -0.502 e. The van der Waals surface area contributed by atoms with E-state index >= 15 is 0 Å². The summed E-state index contributed by atoms with van der Waals surface area (Å²) in [6.45, 7) is 18.9. The quantitative estimate of drug-likeness (QED) is 0.197. The molecule has 0 aromatic carbocycles. The zero-order chi connectivity index (χ0) is 26.5. The van der Waals surface area contributed by atoms with E-state index < -0.39 is 45.8 Å². The van der Waals surface area contributed by atoms with Gasteiger partial charge in [0, 0.05) is 18.5 Å². The van der Waals surface area contributed by atoms with Gasteiger partial charge >= 0.3 is 17.9 Å². The first kappa shape index (κ1) is 29.4. The Hall–Kier alpha value is -2.64. The molecule has 8 nitrogen and oxygen atoms in total. The van der Waals surface area contributed by atoms with Crippen molar-refractivity contribution in [2.24, 2.45) is 28.1 Å². The SMILES string of the molecule is C=C(O)C(=O)OCC(C)C(C)(C)C(C)(C)C(C(=O)OC(=O)/C=C/C1CCC(=O)N1)C(C)(C)CC. The number of carbonyl (C=O) groups excluding carboxylic acids is 4. The maximum absolute atomic E-state index is 13.4. The number of hydrogen-bond acceptors (Lipinski definition) is 7. The molecule has 3 atom stereocenters. The van der Waals surface area contributed by atoms with Crippen LogP contribution in [-0.2, 0) is 28.7 Å². The molecule has 1 heterocycles. The van der Waals surface area contributed by atoms with E-state index in [0.717, 1.165) is 0 Å². The zero-order valence-electron chi connectivity index (χ0n) is 21.8. The minimum absolute atomic E-state index is 0.0257. The van der Waals surface area contributed by atoms with Gasteiger partial charge in [-0.2, -0.15) is 0 Å². The maximum atomic E-state index is 13.4. The summed E-state index contributed by atoms with van der Waals surface area (Å²) in [6.07, 6.45) is 4.39. The minimum atomic E-state index is -0.888. The Balaban J connectivity index is 3.11. The average Bonchev–Trinajstić information content (AvgIpc) is 3.14. The largest absolute Gasteiger partial charge is 0.502 e. The predicted octanol–water partition coefficient (Wildman–Crippen LogP) is 4.25. The van der Waals surface area contributed by atoms with Gasteiger partial charge < -0.3 is 19.9 Å². The topological polar surface area (TPSA) is 119 Å². The number of rotatable bonds is 11. The molecule has 1 fully saturated rings. The lowest BCUT2D eigenvalue weighted by Crippen LogP contribution is -2.52. The van der Waals surface area contributed by atoms with Crippen LogP contribution in [0.25, 0.3) is 0 Å². The van der Waals surface area contributed by atoms with Crippen molar-refractivity contribution in [3.05, 3.63) is 24.5 Å². The number of hydrogen-bond donors (Lipinski definition) is 2. The van der Waals surface area contributed by atoms with Crippen molar-refractivity contribution in [1.29, 1.82) is 0 Å². The molecule has 192 valence electrons. The van der Waals surface area contributed by atoms with Crippen molar-refractivity contribution in [3.63, 3.8) is 0 Å². The first-order valence-electron chi connectivity index (χ1n) is 11.8. The molecule has 0 saturated carbocycles. The van der Waals surface area contributed by atoms with Crippen LogP contribution in [0.5, 0.6) is 0 Å². The summed E-state index contributed by atoms with van der Waals surface area (Å²) in [5.41, 5.74) is -1.74. The van der Waals surface area contributed by atoms with E-state index in [1.807, 2.05) is 55.4 Å². The molecular formula is C26H41NO7. The van der Waals surface area contributed by atoms with Crippen molar-refractivity contribution < 1.29 is 33.8 Å². The Bertz CT molecular complexity index is 838. The highest BCUT2D eigenvalue weighted by Crippen LogP contribution is 2.55. The van der Waals surface area contributed by atoms with Gasteiger partial charge in [-0.05, 0) is 35.2 Å². The van der Waals surface area contributed by atoms with Crippen molar-refractivity contribution >= 4 is 23.8 Å². The van der Waals surface area contributed by atoms with Crippen LogP contribution in [0.15, 0.2) is 24.5 Å². The Labute approximate surface area is 203 Å². The Kier molecular flexibility index (Phi) is 9.67. The monoisotopic (exact) mass is 479 g/mol. The fourth-order valence-corrected chi connectivity index (χ4v) is 4.46. The van der Waals surface area contributed by atoms with Gasteiger partial charge in [-0.1, -0.05) is 67.9 Å². The normalized spacial score (nSPS) is 18.8. The van der Waals surface area contributed by atoms with Crippen LogP contribution in [0.2, 0.25) is 0 Å². The van der Waals surface area contributed by atoms with E-state index in [0.29, 0.717) is 19.3 Å². The molecule has 1 saturated heterocycles. The van der Waals surface area contributed by atoms with E-state index in [4.69, 9.17) is 9.47 Å². The van der Waals surface area contributed by atoms with Gasteiger partial charge in [0.15, 0.2) is 5.76 Å². The van der Waals surface area contributed by atoms with E-state index in [-0.39, 0.29) is 24.5 Å². The summed E-state index contributed by atoms with van der Waals surface area (Å²) in [6, 6.07) is -0.244. The molecule has 1 rings (SSSR count). The second-order valence-electron chi connectivity index (χ2n) is 11.0. The molecule has 1 amide bonds. The van der Waals surface area contributed by atoms with Gasteiger partial charge in [0.2, 0.25) is 5.91 Å². The summed E-state index contributed by atoms with van der Waals surface area (Å²) in [5, 5.41) is 11.9. The number of aliphatic hydroxyl groups is 1. The Morgan fingerprint density at radius 1 is 1.18 bits per heavy atom. The molecule has 2 N–H and O–H groups in total. The summed E-state index contributed by atoms with van der Waals surface area (Å²) >= 11 is 0. The fourth-order valence-electron chi connectivity index (χ4n) is 4.46. The van der Waals surface area contributed by atoms with Crippen molar-refractivity contribution in [2.45, 2.75) is 80.7 Å². The van der Waals surface area contributed by atoms with Gasteiger partial charge in [-0.25, -0.2) is 9.59 Å². The lowest BCUT2D eigenvalue weighted by molar-refractivity contribution is -0.174. The first-order valence-corrected chi connectivity index (χ1v) is 11.8. The van der Waals surface area contributed by atoms with E-state index in [1.165, 1.54) is 6.08 Å². The molecule has 3 unspecified atom stereocenters. The maximum Gasteiger partial charge on any atom is 0.372 e. The van der Waals surface area contributed by atoms with Crippen LogP contribution in [0.1, 0.15) is 74.7 Å². The molecule has 0 aromatic rings. The highest BCUT2D eigenvalue weighted by atomic mass is 16.6. The number of carbonyl (C=O) groups is 4. The second kappa shape index (κ2) is 11.2. The smallest absolute Gasteiger partial charge is 0.372 e. The van der Waals surface area contributed by atoms with Crippen molar-refractivity contribution in [2.75, 3.05) is 6.61 Å². The Morgan fingerprint density at radius 3 is 2.24 bits per heavy atom. The Morgan fingerprint density at radius 2 is 1.76 bits per heavy atom.